The molecule has 1 amide bonds. The number of likely N-dealkylation sites (tertiary alicyclic amines) is 1. The molecule has 0 saturated carbocycles. The van der Waals surface area contributed by atoms with Crippen LogP contribution in [0.1, 0.15) is 33.8 Å². The van der Waals surface area contributed by atoms with Crippen molar-refractivity contribution in [2.45, 2.75) is 25.3 Å². The van der Waals surface area contributed by atoms with E-state index in [1.165, 1.54) is 11.1 Å². The van der Waals surface area contributed by atoms with E-state index in [4.69, 9.17) is 11.6 Å². The molecule has 0 N–H and O–H groups in total. The molecule has 3 nitrogen and oxygen atoms in total. The second-order valence-corrected chi connectivity index (χ2v) is 7.41. The quantitative estimate of drug-likeness (QED) is 0.780. The van der Waals surface area contributed by atoms with Crippen molar-refractivity contribution in [2.24, 2.45) is 0 Å². The molecule has 0 aromatic heterocycles. The SMILES string of the molecule is Cc1ccc2c(c1)[C@H]1CN(C)CC[C@@H]1N2C(=O)c1ccc(Cl)cc1. The van der Waals surface area contributed by atoms with Gasteiger partial charge in [0.05, 0.1) is 0 Å². The molecule has 1 fully saturated rings. The van der Waals surface area contributed by atoms with Gasteiger partial charge < -0.3 is 9.80 Å². The maximum absolute atomic E-state index is 13.2. The number of anilines is 1. The first-order valence-electron chi connectivity index (χ1n) is 8.43. The van der Waals surface area contributed by atoms with Crippen molar-refractivity contribution in [2.75, 3.05) is 25.0 Å². The fourth-order valence-electron chi connectivity index (χ4n) is 4.08. The van der Waals surface area contributed by atoms with Crippen molar-refractivity contribution in [3.8, 4) is 0 Å². The number of hydrogen-bond donors (Lipinski definition) is 0. The van der Waals surface area contributed by atoms with Crippen LogP contribution in [0.2, 0.25) is 5.02 Å². The topological polar surface area (TPSA) is 23.6 Å². The Bertz CT molecular complexity index is 787. The number of nitrogens with zero attached hydrogens (tertiary/aromatic N) is 2. The van der Waals surface area contributed by atoms with Crippen LogP contribution in [0.4, 0.5) is 5.69 Å². The number of hydrogen-bond acceptors (Lipinski definition) is 2. The number of rotatable bonds is 1. The number of halogens is 1. The van der Waals surface area contributed by atoms with Crippen LogP contribution in [-0.4, -0.2) is 37.0 Å². The number of aryl methyl sites for hydroxylation is 1. The average Bonchev–Trinajstić information content (AvgIpc) is 2.88. The zero-order valence-corrected chi connectivity index (χ0v) is 14.8. The number of amides is 1. The van der Waals surface area contributed by atoms with Crippen molar-refractivity contribution in [3.05, 3.63) is 64.2 Å². The number of piperidine rings is 1. The van der Waals surface area contributed by atoms with Gasteiger partial charge in [0.2, 0.25) is 0 Å². The van der Waals surface area contributed by atoms with Crippen LogP contribution >= 0.6 is 11.6 Å². The van der Waals surface area contributed by atoms with Crippen LogP contribution < -0.4 is 4.90 Å². The Kier molecular flexibility index (Phi) is 3.86. The summed E-state index contributed by atoms with van der Waals surface area (Å²) in [6.07, 6.45) is 1.01. The molecular formula is C20H21ClN2O. The third-order valence-electron chi connectivity index (χ3n) is 5.26. The van der Waals surface area contributed by atoms with Crippen LogP contribution in [0.3, 0.4) is 0 Å². The molecular weight excluding hydrogens is 320 g/mol. The lowest BCUT2D eigenvalue weighted by Crippen LogP contribution is -2.47. The molecule has 24 heavy (non-hydrogen) atoms. The Morgan fingerprint density at radius 1 is 1.17 bits per heavy atom. The molecule has 0 radical (unpaired) electrons. The summed E-state index contributed by atoms with van der Waals surface area (Å²) in [5.41, 5.74) is 4.34. The molecule has 124 valence electrons. The minimum atomic E-state index is 0.0776. The summed E-state index contributed by atoms with van der Waals surface area (Å²) in [4.78, 5) is 17.6. The van der Waals surface area contributed by atoms with Crippen LogP contribution in [-0.2, 0) is 0 Å². The van der Waals surface area contributed by atoms with Crippen molar-refractivity contribution >= 4 is 23.2 Å². The van der Waals surface area contributed by atoms with E-state index in [9.17, 15) is 4.79 Å². The lowest BCUT2D eigenvalue weighted by molar-refractivity contribution is 0.0964. The Morgan fingerprint density at radius 3 is 2.67 bits per heavy atom. The molecule has 4 rings (SSSR count). The maximum Gasteiger partial charge on any atom is 0.258 e. The standard InChI is InChI=1S/C20H21ClN2O/c1-13-3-8-18-16(11-13)17-12-22(2)10-9-19(17)23(18)20(24)14-4-6-15(21)7-5-14/h3-8,11,17,19H,9-10,12H2,1-2H3/t17-,19+/m1/s1. The molecule has 0 bridgehead atoms. The van der Waals surface area contributed by atoms with Crippen LogP contribution in [0.15, 0.2) is 42.5 Å². The first-order valence-corrected chi connectivity index (χ1v) is 8.80. The van der Waals surface area contributed by atoms with Gasteiger partial charge in [0, 0.05) is 34.8 Å². The van der Waals surface area contributed by atoms with E-state index in [1.54, 1.807) is 12.1 Å². The van der Waals surface area contributed by atoms with Crippen molar-refractivity contribution in [1.82, 2.24) is 4.90 Å². The number of fused-ring (bicyclic) bond motifs is 3. The third kappa shape index (κ3) is 2.52. The Hall–Kier alpha value is -1.84. The monoisotopic (exact) mass is 340 g/mol. The van der Waals surface area contributed by atoms with E-state index in [1.807, 2.05) is 17.0 Å². The highest BCUT2D eigenvalue weighted by Crippen LogP contribution is 2.45. The molecule has 2 heterocycles. The van der Waals surface area contributed by atoms with Crippen molar-refractivity contribution in [3.63, 3.8) is 0 Å². The molecule has 2 aliphatic heterocycles. The molecule has 2 aliphatic rings. The van der Waals surface area contributed by atoms with Gasteiger partial charge in [-0.2, -0.15) is 0 Å². The summed E-state index contributed by atoms with van der Waals surface area (Å²) < 4.78 is 0. The van der Waals surface area contributed by atoms with Gasteiger partial charge in [-0.25, -0.2) is 0 Å². The molecule has 4 heteroatoms. The highest BCUT2D eigenvalue weighted by molar-refractivity contribution is 6.30. The van der Waals surface area contributed by atoms with Gasteiger partial charge in [-0.15, -0.1) is 0 Å². The summed E-state index contributed by atoms with van der Waals surface area (Å²) in [5.74, 6) is 0.476. The first-order chi connectivity index (χ1) is 11.5. The van der Waals surface area contributed by atoms with Crippen molar-refractivity contribution in [1.29, 1.82) is 0 Å². The van der Waals surface area contributed by atoms with E-state index >= 15 is 0 Å². The van der Waals surface area contributed by atoms with Gasteiger partial charge in [0.1, 0.15) is 0 Å². The molecule has 1 saturated heterocycles. The Balaban J connectivity index is 1.77. The molecule has 0 aliphatic carbocycles. The molecule has 2 aromatic carbocycles. The highest BCUT2D eigenvalue weighted by Gasteiger charge is 2.43. The first kappa shape index (κ1) is 15.7. The second-order valence-electron chi connectivity index (χ2n) is 6.97. The third-order valence-corrected chi connectivity index (χ3v) is 5.52. The number of carbonyl (C=O) groups excluding carboxylic acids is 1. The minimum Gasteiger partial charge on any atom is -0.306 e. The molecule has 2 atom stereocenters. The zero-order chi connectivity index (χ0) is 16.8. The number of carbonyl (C=O) groups is 1. The van der Waals surface area contributed by atoms with Crippen molar-refractivity contribution < 1.29 is 4.79 Å². The van der Waals surface area contributed by atoms with Crippen LogP contribution in [0.25, 0.3) is 0 Å². The summed E-state index contributed by atoms with van der Waals surface area (Å²) in [6.45, 7) is 4.15. The van der Waals surface area contributed by atoms with Gasteiger partial charge in [0.25, 0.3) is 5.91 Å². The Morgan fingerprint density at radius 2 is 1.92 bits per heavy atom. The van der Waals surface area contributed by atoms with Crippen LogP contribution in [0, 0.1) is 6.92 Å². The molecule has 0 unspecified atom stereocenters. The fraction of sp³-hybridized carbons (Fsp3) is 0.350. The summed E-state index contributed by atoms with van der Waals surface area (Å²) in [6, 6.07) is 13.9. The fourth-order valence-corrected chi connectivity index (χ4v) is 4.20. The molecule has 0 spiro atoms. The summed E-state index contributed by atoms with van der Waals surface area (Å²) in [5, 5.41) is 0.654. The highest BCUT2D eigenvalue weighted by atomic mass is 35.5. The average molecular weight is 341 g/mol. The predicted molar refractivity (Wildman–Crippen MR) is 98.1 cm³/mol. The largest absolute Gasteiger partial charge is 0.306 e. The van der Waals surface area contributed by atoms with Gasteiger partial charge in [-0.1, -0.05) is 29.3 Å². The Labute approximate surface area is 147 Å². The molecule has 2 aromatic rings. The normalized spacial score (nSPS) is 23.0. The number of benzene rings is 2. The van der Waals surface area contributed by atoms with E-state index in [0.29, 0.717) is 16.5 Å². The van der Waals surface area contributed by atoms with Gasteiger partial charge >= 0.3 is 0 Å². The van der Waals surface area contributed by atoms with Gasteiger partial charge in [-0.05, 0) is 62.8 Å². The van der Waals surface area contributed by atoms with E-state index in [0.717, 1.165) is 25.2 Å². The second kappa shape index (κ2) is 5.91. The zero-order valence-electron chi connectivity index (χ0n) is 14.0. The van der Waals surface area contributed by atoms with E-state index < -0.39 is 0 Å². The van der Waals surface area contributed by atoms with Gasteiger partial charge in [0.15, 0.2) is 0 Å². The van der Waals surface area contributed by atoms with E-state index in [2.05, 4.69) is 37.1 Å². The number of likely N-dealkylation sites (N-methyl/N-ethyl adjacent to an activating group) is 1. The van der Waals surface area contributed by atoms with E-state index in [-0.39, 0.29) is 11.9 Å². The smallest absolute Gasteiger partial charge is 0.258 e. The summed E-state index contributed by atoms with van der Waals surface area (Å²) in [7, 11) is 2.16. The minimum absolute atomic E-state index is 0.0776. The maximum atomic E-state index is 13.2. The van der Waals surface area contributed by atoms with Crippen LogP contribution in [0.5, 0.6) is 0 Å². The lowest BCUT2D eigenvalue weighted by atomic mass is 9.88. The summed E-state index contributed by atoms with van der Waals surface area (Å²) >= 11 is 5.97. The predicted octanol–water partition coefficient (Wildman–Crippen LogP) is 4.10. The lowest BCUT2D eigenvalue weighted by Gasteiger charge is -2.36. The van der Waals surface area contributed by atoms with Gasteiger partial charge in [-0.3, -0.25) is 4.79 Å².